The van der Waals surface area contributed by atoms with E-state index in [2.05, 4.69) is 16.6 Å². The third-order valence-electron chi connectivity index (χ3n) is 3.41. The third kappa shape index (κ3) is 3.62. The summed E-state index contributed by atoms with van der Waals surface area (Å²) in [5, 5.41) is 3.12. The number of sulfonamides is 1. The lowest BCUT2D eigenvalue weighted by molar-refractivity contribution is 0.171. The van der Waals surface area contributed by atoms with Crippen LogP contribution in [0.3, 0.4) is 0 Å². The molecule has 0 atom stereocenters. The number of nitrogens with one attached hydrogen (secondary N) is 2. The van der Waals surface area contributed by atoms with Gasteiger partial charge in [0.1, 0.15) is 13.2 Å². The molecule has 3 rings (SSSR count). The van der Waals surface area contributed by atoms with E-state index in [4.69, 9.17) is 9.47 Å². The Morgan fingerprint density at radius 3 is 2.38 bits per heavy atom. The average Bonchev–Trinajstić information content (AvgIpc) is 2.60. The smallest absolute Gasteiger partial charge is 0.262 e. The van der Waals surface area contributed by atoms with Gasteiger partial charge in [-0.1, -0.05) is 6.08 Å². The summed E-state index contributed by atoms with van der Waals surface area (Å²) in [5.41, 5.74) is 1.37. The second-order valence-corrected chi connectivity index (χ2v) is 6.84. The lowest BCUT2D eigenvalue weighted by Gasteiger charge is -2.19. The van der Waals surface area contributed by atoms with Crippen molar-refractivity contribution < 1.29 is 17.9 Å². The van der Waals surface area contributed by atoms with E-state index in [0.717, 1.165) is 5.69 Å². The molecule has 2 aromatic rings. The Hall–Kier alpha value is -2.67. The fourth-order valence-electron chi connectivity index (χ4n) is 2.25. The lowest BCUT2D eigenvalue weighted by atomic mass is 10.3. The van der Waals surface area contributed by atoms with E-state index < -0.39 is 10.0 Å². The van der Waals surface area contributed by atoms with E-state index >= 15 is 0 Å². The summed E-state index contributed by atoms with van der Waals surface area (Å²) < 4.78 is 38.4. The van der Waals surface area contributed by atoms with Crippen molar-refractivity contribution in [1.82, 2.24) is 0 Å². The molecule has 7 heteroatoms. The number of fused-ring (bicyclic) bond motifs is 1. The molecular weight excluding hydrogens is 328 g/mol. The fraction of sp³-hybridized carbons (Fsp3) is 0.176. The first-order valence-corrected chi connectivity index (χ1v) is 8.94. The number of anilines is 2. The van der Waals surface area contributed by atoms with Crippen molar-refractivity contribution in [2.45, 2.75) is 4.90 Å². The van der Waals surface area contributed by atoms with Gasteiger partial charge in [-0.15, -0.1) is 6.58 Å². The molecule has 0 bridgehead atoms. The van der Waals surface area contributed by atoms with E-state index in [0.29, 0.717) is 36.9 Å². The summed E-state index contributed by atoms with van der Waals surface area (Å²) in [5.74, 6) is 0.992. The largest absolute Gasteiger partial charge is 0.486 e. The van der Waals surface area contributed by atoms with Crippen molar-refractivity contribution >= 4 is 21.4 Å². The Kier molecular flexibility index (Phi) is 4.61. The number of benzene rings is 2. The summed E-state index contributed by atoms with van der Waals surface area (Å²) >= 11 is 0. The highest BCUT2D eigenvalue weighted by molar-refractivity contribution is 7.92. The van der Waals surface area contributed by atoms with Gasteiger partial charge in [0.2, 0.25) is 0 Å². The molecular formula is C17H18N2O4S. The van der Waals surface area contributed by atoms with E-state index in [1.54, 1.807) is 36.4 Å². The van der Waals surface area contributed by atoms with Gasteiger partial charge in [0.15, 0.2) is 11.5 Å². The highest BCUT2D eigenvalue weighted by Gasteiger charge is 2.19. The number of rotatable bonds is 6. The van der Waals surface area contributed by atoms with Gasteiger partial charge < -0.3 is 14.8 Å². The monoisotopic (exact) mass is 346 g/mol. The summed E-state index contributed by atoms with van der Waals surface area (Å²) in [6, 6.07) is 11.6. The second kappa shape index (κ2) is 6.84. The van der Waals surface area contributed by atoms with Gasteiger partial charge in [0.25, 0.3) is 10.0 Å². The molecule has 24 heavy (non-hydrogen) atoms. The van der Waals surface area contributed by atoms with Gasteiger partial charge in [0, 0.05) is 24.0 Å². The van der Waals surface area contributed by atoms with Crippen LogP contribution in [0.15, 0.2) is 60.0 Å². The molecule has 126 valence electrons. The average molecular weight is 346 g/mol. The van der Waals surface area contributed by atoms with Crippen LogP contribution in [0.5, 0.6) is 11.5 Å². The molecule has 0 aromatic heterocycles. The van der Waals surface area contributed by atoms with E-state index in [9.17, 15) is 8.42 Å². The normalized spacial score (nSPS) is 13.2. The SMILES string of the molecule is C=CCNc1ccc(NS(=O)(=O)c2ccc3c(c2)OCCO3)cc1. The maximum absolute atomic E-state index is 12.5. The predicted molar refractivity (Wildman–Crippen MR) is 93.4 cm³/mol. The second-order valence-electron chi connectivity index (χ2n) is 5.16. The number of hydrogen-bond acceptors (Lipinski definition) is 5. The van der Waals surface area contributed by atoms with Crippen LogP contribution in [0, 0.1) is 0 Å². The van der Waals surface area contributed by atoms with Gasteiger partial charge >= 0.3 is 0 Å². The molecule has 6 nitrogen and oxygen atoms in total. The van der Waals surface area contributed by atoms with Crippen LogP contribution in [-0.4, -0.2) is 28.2 Å². The molecule has 1 heterocycles. The van der Waals surface area contributed by atoms with Crippen LogP contribution in [0.1, 0.15) is 0 Å². The summed E-state index contributed by atoms with van der Waals surface area (Å²) in [6.07, 6.45) is 1.75. The molecule has 0 aliphatic carbocycles. The molecule has 0 fully saturated rings. The Morgan fingerprint density at radius 2 is 1.67 bits per heavy atom. The summed E-state index contributed by atoms with van der Waals surface area (Å²) in [4.78, 5) is 0.126. The highest BCUT2D eigenvalue weighted by Crippen LogP contribution is 2.32. The van der Waals surface area contributed by atoms with Gasteiger partial charge in [-0.2, -0.15) is 0 Å². The lowest BCUT2D eigenvalue weighted by Crippen LogP contribution is -2.17. The Labute approximate surface area is 141 Å². The topological polar surface area (TPSA) is 76.7 Å². The summed E-state index contributed by atoms with van der Waals surface area (Å²) in [7, 11) is -3.70. The van der Waals surface area contributed by atoms with Crippen molar-refractivity contribution in [1.29, 1.82) is 0 Å². The molecule has 2 aromatic carbocycles. The zero-order valence-electron chi connectivity index (χ0n) is 13.0. The maximum Gasteiger partial charge on any atom is 0.262 e. The Bertz CT molecular complexity index is 832. The van der Waals surface area contributed by atoms with Crippen molar-refractivity contribution in [2.75, 3.05) is 29.8 Å². The molecule has 1 aliphatic heterocycles. The first-order chi connectivity index (χ1) is 11.6. The first-order valence-electron chi connectivity index (χ1n) is 7.46. The van der Waals surface area contributed by atoms with Gasteiger partial charge in [-0.25, -0.2) is 8.42 Å². The third-order valence-corrected chi connectivity index (χ3v) is 4.79. The van der Waals surface area contributed by atoms with Gasteiger partial charge in [-0.3, -0.25) is 4.72 Å². The fourth-order valence-corrected chi connectivity index (χ4v) is 3.32. The number of ether oxygens (including phenoxy) is 2. The van der Waals surface area contributed by atoms with E-state index in [1.807, 2.05) is 0 Å². The van der Waals surface area contributed by atoms with Crippen molar-refractivity contribution in [3.8, 4) is 11.5 Å². The first kappa shape index (κ1) is 16.2. The van der Waals surface area contributed by atoms with Crippen molar-refractivity contribution in [3.05, 3.63) is 55.1 Å². The van der Waals surface area contributed by atoms with E-state index in [1.165, 1.54) is 12.1 Å². The van der Waals surface area contributed by atoms with Crippen LogP contribution in [0.25, 0.3) is 0 Å². The highest BCUT2D eigenvalue weighted by atomic mass is 32.2. The van der Waals surface area contributed by atoms with Gasteiger partial charge in [-0.05, 0) is 36.4 Å². The minimum Gasteiger partial charge on any atom is -0.486 e. The molecule has 2 N–H and O–H groups in total. The van der Waals surface area contributed by atoms with Crippen LogP contribution in [-0.2, 0) is 10.0 Å². The van der Waals surface area contributed by atoms with Crippen molar-refractivity contribution in [3.63, 3.8) is 0 Å². The Balaban J connectivity index is 1.77. The molecule has 0 amide bonds. The van der Waals surface area contributed by atoms with Gasteiger partial charge in [0.05, 0.1) is 4.90 Å². The molecule has 1 aliphatic rings. The number of hydrogen-bond donors (Lipinski definition) is 2. The molecule has 0 unspecified atom stereocenters. The molecule has 0 radical (unpaired) electrons. The zero-order valence-corrected chi connectivity index (χ0v) is 13.8. The molecule has 0 spiro atoms. The standard InChI is InChI=1S/C17H18N2O4S/c1-2-9-18-13-3-5-14(6-4-13)19-24(20,21)15-7-8-16-17(12-15)23-11-10-22-16/h2-8,12,18-19H,1,9-11H2. The van der Waals surface area contributed by atoms with Crippen LogP contribution in [0.2, 0.25) is 0 Å². The van der Waals surface area contributed by atoms with Crippen LogP contribution >= 0.6 is 0 Å². The quantitative estimate of drug-likeness (QED) is 0.787. The molecule has 0 saturated carbocycles. The minimum atomic E-state index is -3.70. The minimum absolute atomic E-state index is 0.126. The zero-order chi connectivity index (χ0) is 17.0. The van der Waals surface area contributed by atoms with Crippen LogP contribution in [0.4, 0.5) is 11.4 Å². The Morgan fingerprint density at radius 1 is 1.00 bits per heavy atom. The predicted octanol–water partition coefficient (Wildman–Crippen LogP) is 2.86. The van der Waals surface area contributed by atoms with Crippen LogP contribution < -0.4 is 19.5 Å². The maximum atomic E-state index is 12.5. The van der Waals surface area contributed by atoms with Crippen molar-refractivity contribution in [2.24, 2.45) is 0 Å². The van der Waals surface area contributed by atoms with E-state index in [-0.39, 0.29) is 4.90 Å². The summed E-state index contributed by atoms with van der Waals surface area (Å²) in [6.45, 7) is 5.14. The molecule has 0 saturated heterocycles.